The van der Waals surface area contributed by atoms with Gasteiger partial charge in [-0.25, -0.2) is 0 Å². The summed E-state index contributed by atoms with van der Waals surface area (Å²) in [7, 11) is 0. The number of hydrogen-bond donors (Lipinski definition) is 1. The molecule has 6 heteroatoms. The quantitative estimate of drug-likeness (QED) is 0.480. The van der Waals surface area contributed by atoms with Crippen LogP contribution in [-0.2, 0) is 32.3 Å². The Hall–Kier alpha value is -0.412. The number of carboxylic acids is 1. The van der Waals surface area contributed by atoms with Crippen molar-refractivity contribution in [2.75, 3.05) is 0 Å². The zero-order valence-electron chi connectivity index (χ0n) is 15.8. The smallest absolute Gasteiger partial charge is 0.674 e. The Morgan fingerprint density at radius 3 is 1.96 bits per heavy atom. The van der Waals surface area contributed by atoms with Gasteiger partial charge >= 0.3 is 27.0 Å². The number of hydrogen-bond acceptors (Lipinski definition) is 1. The van der Waals surface area contributed by atoms with E-state index in [-0.39, 0.29) is 46.4 Å². The molecule has 1 aliphatic carbocycles. The minimum atomic E-state index is -0.827. The number of benzene rings is 1. The van der Waals surface area contributed by atoms with Crippen LogP contribution in [0.5, 0.6) is 0 Å². The van der Waals surface area contributed by atoms with Crippen LogP contribution in [0.3, 0.4) is 0 Å². The van der Waals surface area contributed by atoms with Gasteiger partial charge in [-0.15, -0.1) is 6.04 Å². The normalized spacial score (nSPS) is 17.6. The Balaban J connectivity index is -0.000000141. The summed E-state index contributed by atoms with van der Waals surface area (Å²) in [6.45, 7) is 6.44. The van der Waals surface area contributed by atoms with Crippen LogP contribution in [0.1, 0.15) is 58.4 Å². The summed E-state index contributed by atoms with van der Waals surface area (Å²) in [5.41, 5.74) is 8.24. The average molecular weight is 555 g/mol. The summed E-state index contributed by atoms with van der Waals surface area (Å²) < 4.78 is 0. The third kappa shape index (κ3) is 18.2. The van der Waals surface area contributed by atoms with Gasteiger partial charge in [-0.2, -0.15) is 0 Å². The van der Waals surface area contributed by atoms with Gasteiger partial charge in [0.1, 0.15) is 0 Å². The number of halogens is 1. The molecule has 0 heterocycles. The van der Waals surface area contributed by atoms with Gasteiger partial charge in [-0.3, -0.25) is 4.79 Å². The Labute approximate surface area is 173 Å². The van der Waals surface area contributed by atoms with Crippen molar-refractivity contribution in [3.05, 3.63) is 48.0 Å². The van der Waals surface area contributed by atoms with E-state index in [1.165, 1.54) is 25.7 Å². The Morgan fingerprint density at radius 2 is 1.64 bits per heavy atom. The van der Waals surface area contributed by atoms with Gasteiger partial charge in [0, 0.05) is 5.02 Å². The third-order valence-electron chi connectivity index (χ3n) is 3.38. The van der Waals surface area contributed by atoms with Gasteiger partial charge in [-0.1, -0.05) is 82.5 Å². The minimum absolute atomic E-state index is 0. The molecule has 1 aromatic carbocycles. The summed E-state index contributed by atoms with van der Waals surface area (Å²) in [5.74, 6) is -0.156. The number of rotatable bonds is 2. The second-order valence-corrected chi connectivity index (χ2v) is 6.21. The van der Waals surface area contributed by atoms with Crippen molar-refractivity contribution in [1.82, 2.24) is 0 Å². The van der Waals surface area contributed by atoms with E-state index in [9.17, 15) is 4.79 Å². The van der Waals surface area contributed by atoms with Crippen LogP contribution in [0.4, 0.5) is 0 Å². The van der Waals surface area contributed by atoms with Crippen molar-refractivity contribution < 1.29 is 36.4 Å². The molecule has 0 spiro atoms. The Morgan fingerprint density at radius 1 is 1.20 bits per heavy atom. The van der Waals surface area contributed by atoms with Crippen molar-refractivity contribution in [3.8, 4) is 0 Å². The molecular formula is C19H34ClNO3Pt. The van der Waals surface area contributed by atoms with Crippen molar-refractivity contribution in [2.45, 2.75) is 65.3 Å². The molecule has 25 heavy (non-hydrogen) atoms. The van der Waals surface area contributed by atoms with Crippen LogP contribution in [0.15, 0.2) is 24.3 Å². The molecule has 0 saturated heterocycles. The van der Waals surface area contributed by atoms with Crippen molar-refractivity contribution >= 4 is 17.6 Å². The van der Waals surface area contributed by atoms with Crippen LogP contribution < -0.4 is 0 Å². The number of carbonyl (C=O) groups is 1. The fourth-order valence-corrected chi connectivity index (χ4v) is 2.22. The number of carboxylic acid groups (broad SMARTS) is 1. The Bertz CT molecular complexity index is 406. The average Bonchev–Trinajstić information content (AvgIpc) is 2.46. The van der Waals surface area contributed by atoms with E-state index < -0.39 is 5.97 Å². The SMILES string of the molecule is CCC.C[C@H]1CCCC[C@@H]1[NH-].O.O=C(O)Cc1ccc(Cl)cc1.[CH3-].[Pt+2]. The van der Waals surface area contributed by atoms with Crippen LogP contribution in [0.25, 0.3) is 5.73 Å². The molecule has 1 aromatic rings. The van der Waals surface area contributed by atoms with Gasteiger partial charge < -0.3 is 23.7 Å². The predicted octanol–water partition coefficient (Wildman–Crippen LogP) is 5.62. The molecule has 150 valence electrons. The van der Waals surface area contributed by atoms with Gasteiger partial charge in [0.2, 0.25) is 0 Å². The first kappa shape index (κ1) is 32.3. The monoisotopic (exact) mass is 554 g/mol. The van der Waals surface area contributed by atoms with Gasteiger partial charge in [0.25, 0.3) is 0 Å². The van der Waals surface area contributed by atoms with Gasteiger partial charge in [0.15, 0.2) is 0 Å². The fraction of sp³-hybridized carbons (Fsp3) is 0.579. The fourth-order valence-electron chi connectivity index (χ4n) is 2.09. The van der Waals surface area contributed by atoms with Gasteiger partial charge in [0.05, 0.1) is 6.42 Å². The molecule has 1 aliphatic rings. The summed E-state index contributed by atoms with van der Waals surface area (Å²) in [4.78, 5) is 10.2. The first-order valence-corrected chi connectivity index (χ1v) is 8.45. The van der Waals surface area contributed by atoms with E-state index in [1.54, 1.807) is 24.3 Å². The largest absolute Gasteiger partial charge is 2.00 e. The zero-order chi connectivity index (χ0) is 17.0. The molecule has 1 fully saturated rings. The summed E-state index contributed by atoms with van der Waals surface area (Å²) >= 11 is 5.60. The molecule has 0 amide bonds. The van der Waals surface area contributed by atoms with Crippen molar-refractivity contribution in [1.29, 1.82) is 0 Å². The maximum atomic E-state index is 10.2. The molecule has 0 bridgehead atoms. The summed E-state index contributed by atoms with van der Waals surface area (Å²) in [5, 5.41) is 9.03. The van der Waals surface area contributed by atoms with E-state index in [2.05, 4.69) is 20.8 Å². The van der Waals surface area contributed by atoms with Crippen LogP contribution in [0.2, 0.25) is 5.02 Å². The maximum absolute atomic E-state index is 10.2. The van der Waals surface area contributed by atoms with Crippen molar-refractivity contribution in [3.63, 3.8) is 0 Å². The van der Waals surface area contributed by atoms with Gasteiger partial charge in [-0.05, 0) is 17.7 Å². The first-order valence-electron chi connectivity index (χ1n) is 8.08. The Kier molecular flexibility index (Phi) is 25.7. The molecule has 0 aromatic heterocycles. The van der Waals surface area contributed by atoms with E-state index in [1.807, 2.05) is 0 Å². The third-order valence-corrected chi connectivity index (χ3v) is 3.63. The minimum Gasteiger partial charge on any atom is -0.674 e. The molecule has 1 saturated carbocycles. The topological polar surface area (TPSA) is 92.6 Å². The molecular weight excluding hydrogens is 521 g/mol. The van der Waals surface area contributed by atoms with Crippen LogP contribution in [0, 0.1) is 13.3 Å². The van der Waals surface area contributed by atoms with Crippen molar-refractivity contribution in [2.24, 2.45) is 5.92 Å². The summed E-state index contributed by atoms with van der Waals surface area (Å²) in [6, 6.07) is 7.02. The van der Waals surface area contributed by atoms with E-state index in [4.69, 9.17) is 22.4 Å². The van der Waals surface area contributed by atoms with Crippen LogP contribution >= 0.6 is 11.6 Å². The molecule has 0 radical (unpaired) electrons. The first-order chi connectivity index (χ1) is 10.4. The molecule has 4 nitrogen and oxygen atoms in total. The molecule has 4 N–H and O–H groups in total. The molecule has 2 atom stereocenters. The predicted molar refractivity (Wildman–Crippen MR) is 105 cm³/mol. The summed E-state index contributed by atoms with van der Waals surface area (Å²) in [6.07, 6.45) is 6.38. The second kappa shape index (κ2) is 19.9. The molecule has 0 unspecified atom stereocenters. The maximum Gasteiger partial charge on any atom is 2.00 e. The molecule has 0 aliphatic heterocycles. The zero-order valence-corrected chi connectivity index (χ0v) is 18.8. The number of aliphatic carboxylic acids is 1. The van der Waals surface area contributed by atoms with E-state index >= 15 is 0 Å². The van der Waals surface area contributed by atoms with E-state index in [0.29, 0.717) is 10.9 Å². The molecule has 2 rings (SSSR count). The number of nitrogens with one attached hydrogen (secondary N) is 1. The standard InChI is InChI=1S/C8H7ClO2.C7H14N.C3H8.CH3.H2O.Pt/c9-7-3-1-6(2-4-7)5-8(10)11;1-6-4-2-3-5-7(6)8;1-3-2;;;/h1-4H,5H2,(H,10,11);6-8H,2-5H2,1H3;3H2,1-2H3;1H3;1H2;/q;-1;;-1;;+2/t;6-,7-;;;;/m.0..../s1. The van der Waals surface area contributed by atoms with E-state index in [0.717, 1.165) is 12.0 Å². The van der Waals surface area contributed by atoms with Crippen LogP contribution in [-0.4, -0.2) is 22.6 Å². The second-order valence-electron chi connectivity index (χ2n) is 5.77.